The van der Waals surface area contributed by atoms with Gasteiger partial charge in [0.15, 0.2) is 5.60 Å². The first-order valence-electron chi connectivity index (χ1n) is 5.44. The molecule has 0 radical (unpaired) electrons. The van der Waals surface area contributed by atoms with Crippen LogP contribution in [-0.4, -0.2) is 23.0 Å². The molecule has 104 valence electrons. The summed E-state index contributed by atoms with van der Waals surface area (Å²) in [6.45, 7) is 2.65. The Morgan fingerprint density at radius 3 is 2.58 bits per heavy atom. The molecule has 1 unspecified atom stereocenters. The van der Waals surface area contributed by atoms with E-state index in [0.29, 0.717) is 0 Å². The number of halogens is 2. The van der Waals surface area contributed by atoms with Crippen LogP contribution in [0.5, 0.6) is 0 Å². The van der Waals surface area contributed by atoms with Gasteiger partial charge in [0.2, 0.25) is 5.91 Å². The van der Waals surface area contributed by atoms with Gasteiger partial charge in [-0.15, -0.1) is 0 Å². The minimum absolute atomic E-state index is 0.126. The molecule has 0 aromatic heterocycles. The van der Waals surface area contributed by atoms with Crippen LogP contribution in [0.2, 0.25) is 0 Å². The Morgan fingerprint density at radius 2 is 2.11 bits per heavy atom. The number of aliphatic hydroxyl groups is 1. The zero-order valence-electron chi connectivity index (χ0n) is 10.4. The largest absolute Gasteiger partial charge is 0.376 e. The summed E-state index contributed by atoms with van der Waals surface area (Å²) in [7, 11) is 0. The van der Waals surface area contributed by atoms with E-state index in [1.807, 2.05) is 0 Å². The number of rotatable bonds is 4. The van der Waals surface area contributed by atoms with Crippen molar-refractivity contribution in [1.82, 2.24) is 5.32 Å². The van der Waals surface area contributed by atoms with E-state index in [2.05, 4.69) is 21.2 Å². The molecule has 1 rings (SSSR count). The molecular weight excluding hydrogens is 319 g/mol. The molecule has 0 aliphatic rings. The van der Waals surface area contributed by atoms with Crippen molar-refractivity contribution >= 4 is 27.7 Å². The van der Waals surface area contributed by atoms with E-state index >= 15 is 0 Å². The molecule has 2 atom stereocenters. The first-order valence-corrected chi connectivity index (χ1v) is 6.23. The summed E-state index contributed by atoms with van der Waals surface area (Å²) in [4.78, 5) is 22.8. The van der Waals surface area contributed by atoms with Gasteiger partial charge in [0, 0.05) is 0 Å². The first kappa shape index (κ1) is 15.6. The Morgan fingerprint density at radius 1 is 1.53 bits per heavy atom. The van der Waals surface area contributed by atoms with E-state index in [4.69, 9.17) is 5.73 Å². The molecule has 4 N–H and O–H groups in total. The summed E-state index contributed by atoms with van der Waals surface area (Å²) in [5.41, 5.74) is 3.30. The first-order chi connectivity index (χ1) is 8.66. The highest BCUT2D eigenvalue weighted by molar-refractivity contribution is 9.10. The van der Waals surface area contributed by atoms with Crippen molar-refractivity contribution in [2.75, 3.05) is 0 Å². The summed E-state index contributed by atoms with van der Waals surface area (Å²) in [5.74, 6) is -2.02. The number of nitrogens with two attached hydrogens (primary N) is 1. The van der Waals surface area contributed by atoms with Crippen molar-refractivity contribution in [2.24, 2.45) is 5.73 Å². The quantitative estimate of drug-likeness (QED) is 0.760. The molecule has 1 aromatic carbocycles. The van der Waals surface area contributed by atoms with Crippen molar-refractivity contribution in [3.8, 4) is 0 Å². The van der Waals surface area contributed by atoms with Crippen molar-refractivity contribution in [3.05, 3.63) is 34.1 Å². The Hall–Kier alpha value is -1.47. The minimum Gasteiger partial charge on any atom is -0.376 e. The molecule has 0 spiro atoms. The monoisotopic (exact) mass is 332 g/mol. The lowest BCUT2D eigenvalue weighted by Crippen LogP contribution is -2.50. The second-order valence-electron chi connectivity index (χ2n) is 4.30. The van der Waals surface area contributed by atoms with Crippen LogP contribution in [0.25, 0.3) is 0 Å². The van der Waals surface area contributed by atoms with Gasteiger partial charge in [-0.05, 0) is 47.5 Å². The number of carbonyl (C=O) groups excluding carboxylic acids is 2. The molecular formula is C12H14BrFN2O3. The van der Waals surface area contributed by atoms with Gasteiger partial charge in [-0.25, -0.2) is 4.39 Å². The predicted molar refractivity (Wildman–Crippen MR) is 70.5 cm³/mol. The van der Waals surface area contributed by atoms with Gasteiger partial charge in [-0.1, -0.05) is 6.07 Å². The third kappa shape index (κ3) is 3.51. The van der Waals surface area contributed by atoms with Gasteiger partial charge >= 0.3 is 0 Å². The van der Waals surface area contributed by atoms with E-state index in [1.165, 1.54) is 26.0 Å². The van der Waals surface area contributed by atoms with Crippen LogP contribution in [0, 0.1) is 5.82 Å². The van der Waals surface area contributed by atoms with Crippen LogP contribution < -0.4 is 11.1 Å². The van der Waals surface area contributed by atoms with Crippen molar-refractivity contribution in [2.45, 2.75) is 25.5 Å². The maximum Gasteiger partial charge on any atom is 0.256 e. The molecule has 0 heterocycles. The standard InChI is InChI=1S/C12H14BrFN2O3/c1-6(10(15)17)16-11(18)12(2,19)7-3-4-9(14)8(13)5-7/h3-6,19H,1-2H3,(H2,15,17)(H,16,18)/t6-,12?/m0/s1. The van der Waals surface area contributed by atoms with E-state index in [-0.39, 0.29) is 10.0 Å². The van der Waals surface area contributed by atoms with E-state index in [9.17, 15) is 19.1 Å². The minimum atomic E-state index is -1.90. The molecule has 5 nitrogen and oxygen atoms in total. The van der Waals surface area contributed by atoms with Gasteiger partial charge in [-0.3, -0.25) is 9.59 Å². The predicted octanol–water partition coefficient (Wildman–Crippen LogP) is 0.786. The highest BCUT2D eigenvalue weighted by Crippen LogP contribution is 2.26. The van der Waals surface area contributed by atoms with Crippen LogP contribution in [0.3, 0.4) is 0 Å². The van der Waals surface area contributed by atoms with Crippen molar-refractivity contribution < 1.29 is 19.1 Å². The third-order valence-electron chi connectivity index (χ3n) is 2.70. The van der Waals surface area contributed by atoms with Gasteiger partial charge < -0.3 is 16.2 Å². The van der Waals surface area contributed by atoms with Crippen molar-refractivity contribution in [1.29, 1.82) is 0 Å². The number of nitrogens with one attached hydrogen (secondary N) is 1. The summed E-state index contributed by atoms with van der Waals surface area (Å²) in [6.07, 6.45) is 0. The molecule has 0 aliphatic carbocycles. The number of amides is 2. The Labute approximate surface area is 118 Å². The fourth-order valence-corrected chi connectivity index (χ4v) is 1.72. The Bertz CT molecular complexity index is 520. The average Bonchev–Trinajstić information content (AvgIpc) is 2.32. The molecule has 0 aliphatic heterocycles. The highest BCUT2D eigenvalue weighted by atomic mass is 79.9. The zero-order valence-corrected chi connectivity index (χ0v) is 12.0. The molecule has 0 fully saturated rings. The van der Waals surface area contributed by atoms with Crippen LogP contribution in [0.15, 0.2) is 22.7 Å². The Balaban J connectivity index is 2.99. The van der Waals surface area contributed by atoms with Gasteiger partial charge in [0.25, 0.3) is 5.91 Å². The number of carbonyl (C=O) groups is 2. The maximum absolute atomic E-state index is 13.1. The molecule has 0 saturated heterocycles. The lowest BCUT2D eigenvalue weighted by atomic mass is 9.94. The van der Waals surface area contributed by atoms with Crippen LogP contribution >= 0.6 is 15.9 Å². The smallest absolute Gasteiger partial charge is 0.256 e. The molecule has 1 aromatic rings. The molecule has 0 saturated carbocycles. The van der Waals surface area contributed by atoms with Crippen LogP contribution in [0.1, 0.15) is 19.4 Å². The fourth-order valence-electron chi connectivity index (χ4n) is 1.34. The van der Waals surface area contributed by atoms with Crippen molar-refractivity contribution in [3.63, 3.8) is 0 Å². The molecule has 2 amide bonds. The lowest BCUT2D eigenvalue weighted by molar-refractivity contribution is -0.141. The average molecular weight is 333 g/mol. The molecule has 7 heteroatoms. The van der Waals surface area contributed by atoms with Gasteiger partial charge in [-0.2, -0.15) is 0 Å². The van der Waals surface area contributed by atoms with Crippen LogP contribution in [-0.2, 0) is 15.2 Å². The number of hydrogen-bond donors (Lipinski definition) is 3. The number of primary amides is 1. The third-order valence-corrected chi connectivity index (χ3v) is 3.31. The normalized spacial score (nSPS) is 15.4. The molecule has 0 bridgehead atoms. The Kier molecular flexibility index (Phi) is 4.65. The second-order valence-corrected chi connectivity index (χ2v) is 5.15. The summed E-state index contributed by atoms with van der Waals surface area (Å²) in [6, 6.07) is 2.79. The second kappa shape index (κ2) is 5.66. The summed E-state index contributed by atoms with van der Waals surface area (Å²) >= 11 is 2.97. The summed E-state index contributed by atoms with van der Waals surface area (Å²) in [5, 5.41) is 12.5. The van der Waals surface area contributed by atoms with Gasteiger partial charge in [0.05, 0.1) is 4.47 Å². The van der Waals surface area contributed by atoms with E-state index in [0.717, 1.165) is 6.07 Å². The fraction of sp³-hybridized carbons (Fsp3) is 0.333. The van der Waals surface area contributed by atoms with E-state index < -0.39 is 29.3 Å². The SMILES string of the molecule is C[C@H](NC(=O)C(C)(O)c1ccc(F)c(Br)c1)C(N)=O. The van der Waals surface area contributed by atoms with E-state index in [1.54, 1.807) is 0 Å². The lowest BCUT2D eigenvalue weighted by Gasteiger charge is -2.24. The van der Waals surface area contributed by atoms with Crippen LogP contribution in [0.4, 0.5) is 4.39 Å². The number of benzene rings is 1. The maximum atomic E-state index is 13.1. The van der Waals surface area contributed by atoms with Gasteiger partial charge in [0.1, 0.15) is 11.9 Å². The molecule has 19 heavy (non-hydrogen) atoms. The topological polar surface area (TPSA) is 92.4 Å². The zero-order chi connectivity index (χ0) is 14.8. The summed E-state index contributed by atoms with van der Waals surface area (Å²) < 4.78 is 13.2. The number of hydrogen-bond acceptors (Lipinski definition) is 3. The highest BCUT2D eigenvalue weighted by Gasteiger charge is 2.34.